The molecule has 0 amide bonds. The zero-order valence-corrected chi connectivity index (χ0v) is 11.8. The molecule has 2 aromatic rings. The van der Waals surface area contributed by atoms with E-state index in [9.17, 15) is 0 Å². The first-order chi connectivity index (χ1) is 8.33. The molecule has 1 aromatic carbocycles. The van der Waals surface area contributed by atoms with E-state index in [1.54, 1.807) is 0 Å². The molecule has 3 rings (SSSR count). The maximum absolute atomic E-state index is 4.39. The fourth-order valence-corrected chi connectivity index (χ4v) is 3.15. The highest BCUT2D eigenvalue weighted by atomic mass is 127. The second kappa shape index (κ2) is 4.80. The third-order valence-corrected chi connectivity index (χ3v) is 4.06. The summed E-state index contributed by atoms with van der Waals surface area (Å²) >= 11 is 2.31. The Bertz CT molecular complexity index is 518. The highest BCUT2D eigenvalue weighted by Crippen LogP contribution is 2.32. The summed E-state index contributed by atoms with van der Waals surface area (Å²) in [4.78, 5) is 0. The molecule has 1 unspecified atom stereocenters. The molecule has 0 radical (unpaired) electrons. The van der Waals surface area contributed by atoms with E-state index in [0.717, 1.165) is 6.54 Å². The van der Waals surface area contributed by atoms with Crippen molar-refractivity contribution in [2.24, 2.45) is 0 Å². The third-order valence-electron chi connectivity index (χ3n) is 3.50. The van der Waals surface area contributed by atoms with Crippen molar-refractivity contribution in [3.05, 3.63) is 51.4 Å². The average molecular weight is 338 g/mol. The van der Waals surface area contributed by atoms with E-state index in [0.29, 0.717) is 5.92 Å². The molecule has 1 heterocycles. The number of halogens is 1. The first-order valence-electron chi connectivity index (χ1n) is 6.09. The fourth-order valence-electron chi connectivity index (χ4n) is 2.71. The standard InChI is InChI=1S/C14H15IN2/c15-13-8-16-17(10-13)9-12-6-3-5-11-4-1-2-7-14(11)12/h1-2,4,7-8,10,12H,3,5-6,9H2. The maximum atomic E-state index is 4.39. The number of rotatable bonds is 2. The van der Waals surface area contributed by atoms with Crippen LogP contribution >= 0.6 is 22.6 Å². The van der Waals surface area contributed by atoms with E-state index in [1.165, 1.54) is 34.0 Å². The molecule has 0 saturated carbocycles. The molecule has 0 saturated heterocycles. The highest BCUT2D eigenvalue weighted by molar-refractivity contribution is 14.1. The van der Waals surface area contributed by atoms with Gasteiger partial charge in [-0.25, -0.2) is 0 Å². The number of nitrogens with zero attached hydrogens (tertiary/aromatic N) is 2. The second-order valence-corrected chi connectivity index (χ2v) is 5.91. The van der Waals surface area contributed by atoms with Crippen LogP contribution in [0.3, 0.4) is 0 Å². The van der Waals surface area contributed by atoms with Crippen LogP contribution in [0.4, 0.5) is 0 Å². The lowest BCUT2D eigenvalue weighted by Gasteiger charge is -2.25. The quantitative estimate of drug-likeness (QED) is 0.765. The Kier molecular flexibility index (Phi) is 3.18. The van der Waals surface area contributed by atoms with E-state index in [-0.39, 0.29) is 0 Å². The molecule has 0 fully saturated rings. The lowest BCUT2D eigenvalue weighted by molar-refractivity contribution is 0.457. The molecular weight excluding hydrogens is 323 g/mol. The lowest BCUT2D eigenvalue weighted by Crippen LogP contribution is -2.15. The van der Waals surface area contributed by atoms with E-state index < -0.39 is 0 Å². The largest absolute Gasteiger partial charge is 0.271 e. The summed E-state index contributed by atoms with van der Waals surface area (Å²) in [6.07, 6.45) is 7.88. The van der Waals surface area contributed by atoms with Gasteiger partial charge in [0.15, 0.2) is 0 Å². The van der Waals surface area contributed by atoms with Gasteiger partial charge in [-0.2, -0.15) is 5.10 Å². The summed E-state index contributed by atoms with van der Waals surface area (Å²) in [5, 5.41) is 4.39. The molecule has 1 atom stereocenters. The number of fused-ring (bicyclic) bond motifs is 1. The van der Waals surface area contributed by atoms with Crippen LogP contribution in [-0.4, -0.2) is 9.78 Å². The Labute approximate surface area is 115 Å². The molecule has 88 valence electrons. The Morgan fingerprint density at radius 2 is 2.24 bits per heavy atom. The summed E-state index contributed by atoms with van der Waals surface area (Å²) in [5.74, 6) is 0.635. The van der Waals surface area contributed by atoms with Crippen LogP contribution in [0.5, 0.6) is 0 Å². The molecule has 2 nitrogen and oxygen atoms in total. The third kappa shape index (κ3) is 2.39. The van der Waals surface area contributed by atoms with Crippen molar-refractivity contribution in [3.63, 3.8) is 0 Å². The number of aryl methyl sites for hydroxylation is 1. The van der Waals surface area contributed by atoms with Crippen molar-refractivity contribution in [2.45, 2.75) is 31.7 Å². The first-order valence-corrected chi connectivity index (χ1v) is 7.16. The number of hydrogen-bond donors (Lipinski definition) is 0. The predicted octanol–water partition coefficient (Wildman–Crippen LogP) is 3.61. The van der Waals surface area contributed by atoms with Crippen LogP contribution in [0, 0.1) is 3.57 Å². The monoisotopic (exact) mass is 338 g/mol. The van der Waals surface area contributed by atoms with Crippen LogP contribution < -0.4 is 0 Å². The second-order valence-electron chi connectivity index (χ2n) is 4.67. The molecule has 0 N–H and O–H groups in total. The SMILES string of the molecule is Ic1cnn(CC2CCCc3ccccc32)c1. The molecule has 17 heavy (non-hydrogen) atoms. The Morgan fingerprint density at radius 3 is 3.06 bits per heavy atom. The summed E-state index contributed by atoms with van der Waals surface area (Å²) < 4.78 is 3.29. The normalized spacial score (nSPS) is 19.0. The van der Waals surface area contributed by atoms with E-state index >= 15 is 0 Å². The van der Waals surface area contributed by atoms with Crippen LogP contribution in [0.15, 0.2) is 36.7 Å². The summed E-state index contributed by atoms with van der Waals surface area (Å²) in [5.41, 5.74) is 3.06. The zero-order chi connectivity index (χ0) is 11.7. The summed E-state index contributed by atoms with van der Waals surface area (Å²) in [6.45, 7) is 1.01. The predicted molar refractivity (Wildman–Crippen MR) is 77.1 cm³/mol. The molecule has 0 aliphatic heterocycles. The molecule has 1 aliphatic rings. The van der Waals surface area contributed by atoms with Gasteiger partial charge in [-0.1, -0.05) is 24.3 Å². The van der Waals surface area contributed by atoms with Gasteiger partial charge in [-0.15, -0.1) is 0 Å². The maximum Gasteiger partial charge on any atom is 0.0623 e. The van der Waals surface area contributed by atoms with Crippen molar-refractivity contribution in [3.8, 4) is 0 Å². The van der Waals surface area contributed by atoms with Crippen molar-refractivity contribution in [1.82, 2.24) is 9.78 Å². The minimum absolute atomic E-state index is 0.635. The molecule has 0 spiro atoms. The van der Waals surface area contributed by atoms with Gasteiger partial charge < -0.3 is 0 Å². The molecule has 1 aliphatic carbocycles. The van der Waals surface area contributed by atoms with E-state index in [2.05, 4.69) is 62.8 Å². The Hall–Kier alpha value is -0.840. The Morgan fingerprint density at radius 1 is 1.35 bits per heavy atom. The number of hydrogen-bond acceptors (Lipinski definition) is 1. The number of aromatic nitrogens is 2. The lowest BCUT2D eigenvalue weighted by atomic mass is 9.83. The van der Waals surface area contributed by atoms with Gasteiger partial charge in [0.1, 0.15) is 0 Å². The smallest absolute Gasteiger partial charge is 0.0623 e. The Balaban J connectivity index is 1.85. The molecule has 0 bridgehead atoms. The van der Waals surface area contributed by atoms with Crippen molar-refractivity contribution in [2.75, 3.05) is 0 Å². The van der Waals surface area contributed by atoms with Crippen LogP contribution in [0.25, 0.3) is 0 Å². The highest BCUT2D eigenvalue weighted by Gasteiger charge is 2.20. The number of benzene rings is 1. The molecule has 3 heteroatoms. The van der Waals surface area contributed by atoms with E-state index in [4.69, 9.17) is 0 Å². The van der Waals surface area contributed by atoms with Gasteiger partial charge in [0.25, 0.3) is 0 Å². The van der Waals surface area contributed by atoms with E-state index in [1.807, 2.05) is 6.20 Å². The topological polar surface area (TPSA) is 17.8 Å². The van der Waals surface area contributed by atoms with Gasteiger partial charge >= 0.3 is 0 Å². The molecular formula is C14H15IN2. The van der Waals surface area contributed by atoms with Gasteiger partial charge in [-0.05, 0) is 53.0 Å². The van der Waals surface area contributed by atoms with Gasteiger partial charge in [0, 0.05) is 18.7 Å². The first kappa shape index (κ1) is 11.3. The molecule has 1 aromatic heterocycles. The van der Waals surface area contributed by atoms with Crippen LogP contribution in [0.1, 0.15) is 29.9 Å². The van der Waals surface area contributed by atoms with Crippen molar-refractivity contribution >= 4 is 22.6 Å². The minimum Gasteiger partial charge on any atom is -0.271 e. The van der Waals surface area contributed by atoms with Gasteiger partial charge in [-0.3, -0.25) is 4.68 Å². The fraction of sp³-hybridized carbons (Fsp3) is 0.357. The summed E-state index contributed by atoms with van der Waals surface area (Å²) in [6, 6.07) is 8.87. The van der Waals surface area contributed by atoms with Gasteiger partial charge in [0.2, 0.25) is 0 Å². The van der Waals surface area contributed by atoms with Gasteiger partial charge in [0.05, 0.1) is 9.77 Å². The van der Waals surface area contributed by atoms with Crippen molar-refractivity contribution in [1.29, 1.82) is 0 Å². The van der Waals surface area contributed by atoms with Crippen LogP contribution in [-0.2, 0) is 13.0 Å². The van der Waals surface area contributed by atoms with Crippen LogP contribution in [0.2, 0.25) is 0 Å². The van der Waals surface area contributed by atoms with Crippen molar-refractivity contribution < 1.29 is 0 Å². The average Bonchev–Trinajstić information content (AvgIpc) is 2.75. The summed E-state index contributed by atoms with van der Waals surface area (Å²) in [7, 11) is 0. The zero-order valence-electron chi connectivity index (χ0n) is 9.64. The minimum atomic E-state index is 0.635.